The fourth-order valence-corrected chi connectivity index (χ4v) is 3.37. The van der Waals surface area contributed by atoms with E-state index in [-0.39, 0.29) is 11.7 Å². The monoisotopic (exact) mass is 329 g/mol. The topological polar surface area (TPSA) is 40.5 Å². The van der Waals surface area contributed by atoms with Gasteiger partial charge in [-0.25, -0.2) is 0 Å². The van der Waals surface area contributed by atoms with Crippen molar-refractivity contribution in [1.29, 1.82) is 0 Å². The average Bonchev–Trinajstić information content (AvgIpc) is 2.56. The Morgan fingerprint density at radius 2 is 2.04 bits per heavy atom. The van der Waals surface area contributed by atoms with Gasteiger partial charge in [0.25, 0.3) is 0 Å². The number of ketones is 1. The molecule has 2 aromatic rings. The number of carbonyl (C=O) groups is 1. The quantitative estimate of drug-likeness (QED) is 0.857. The molecule has 1 fully saturated rings. The van der Waals surface area contributed by atoms with Crippen LogP contribution >= 0.6 is 11.6 Å². The highest BCUT2D eigenvalue weighted by molar-refractivity contribution is 6.31. The molecular weight excluding hydrogens is 310 g/mol. The van der Waals surface area contributed by atoms with Crippen molar-refractivity contribution in [3.63, 3.8) is 0 Å². The van der Waals surface area contributed by atoms with Crippen molar-refractivity contribution < 1.29 is 9.90 Å². The Balaban J connectivity index is 1.68. The minimum atomic E-state index is -0.00642. The van der Waals surface area contributed by atoms with Gasteiger partial charge >= 0.3 is 0 Å². The van der Waals surface area contributed by atoms with E-state index in [0.717, 1.165) is 31.5 Å². The summed E-state index contributed by atoms with van der Waals surface area (Å²) in [5, 5.41) is 10.5. The van der Waals surface area contributed by atoms with E-state index in [9.17, 15) is 9.90 Å². The molecule has 0 aromatic heterocycles. The number of hydrogen-bond acceptors (Lipinski definition) is 3. The molecule has 0 spiro atoms. The van der Waals surface area contributed by atoms with Gasteiger partial charge in [-0.1, -0.05) is 41.9 Å². The highest BCUT2D eigenvalue weighted by Crippen LogP contribution is 2.25. The largest absolute Gasteiger partial charge is 0.508 e. The number of benzene rings is 2. The van der Waals surface area contributed by atoms with Crippen LogP contribution in [-0.4, -0.2) is 28.9 Å². The van der Waals surface area contributed by atoms with E-state index in [4.69, 9.17) is 11.6 Å². The van der Waals surface area contributed by atoms with Crippen LogP contribution in [0, 0.1) is 5.92 Å². The lowest BCUT2D eigenvalue weighted by Crippen LogP contribution is -2.38. The third kappa shape index (κ3) is 3.92. The van der Waals surface area contributed by atoms with Crippen molar-refractivity contribution in [2.45, 2.75) is 19.4 Å². The molecule has 1 aliphatic heterocycles. The van der Waals surface area contributed by atoms with Crippen LogP contribution in [0.1, 0.15) is 28.8 Å². The highest BCUT2D eigenvalue weighted by Gasteiger charge is 2.27. The lowest BCUT2D eigenvalue weighted by atomic mass is 9.90. The van der Waals surface area contributed by atoms with Crippen LogP contribution < -0.4 is 0 Å². The Kier molecular flexibility index (Phi) is 4.99. The lowest BCUT2D eigenvalue weighted by Gasteiger charge is -2.32. The summed E-state index contributed by atoms with van der Waals surface area (Å²) in [4.78, 5) is 14.9. The van der Waals surface area contributed by atoms with Crippen molar-refractivity contribution >= 4 is 17.4 Å². The van der Waals surface area contributed by atoms with E-state index in [2.05, 4.69) is 4.90 Å². The van der Waals surface area contributed by atoms with Gasteiger partial charge in [0.15, 0.2) is 5.78 Å². The molecule has 3 nitrogen and oxygen atoms in total. The smallest absolute Gasteiger partial charge is 0.167 e. The summed E-state index contributed by atoms with van der Waals surface area (Å²) in [5.74, 6) is 0.471. The summed E-state index contributed by atoms with van der Waals surface area (Å²) in [6.07, 6.45) is 1.90. The van der Waals surface area contributed by atoms with Gasteiger partial charge in [-0.2, -0.15) is 0 Å². The number of hydrogen-bond donors (Lipinski definition) is 1. The average molecular weight is 330 g/mol. The number of likely N-dealkylation sites (tertiary alicyclic amines) is 1. The first-order chi connectivity index (χ1) is 11.1. The number of Topliss-reactive ketones (excluding diaryl/α,β-unsaturated/α-hetero) is 1. The van der Waals surface area contributed by atoms with Gasteiger partial charge in [0, 0.05) is 35.2 Å². The normalized spacial score (nSPS) is 18.7. The SMILES string of the molecule is O=C(c1cccc(Cl)c1)[C@@H]1CCCN(Cc2ccccc2O)C1. The lowest BCUT2D eigenvalue weighted by molar-refractivity contribution is 0.0811. The van der Waals surface area contributed by atoms with Crippen LogP contribution in [0.5, 0.6) is 5.75 Å². The number of rotatable bonds is 4. The van der Waals surface area contributed by atoms with Crippen molar-refractivity contribution in [3.8, 4) is 5.75 Å². The third-order valence-electron chi connectivity index (χ3n) is 4.37. The summed E-state index contributed by atoms with van der Waals surface area (Å²) in [5.41, 5.74) is 1.59. The minimum absolute atomic E-state index is 0.00642. The number of aromatic hydroxyl groups is 1. The summed E-state index contributed by atoms with van der Waals surface area (Å²) in [6.45, 7) is 2.35. The van der Waals surface area contributed by atoms with Gasteiger partial charge in [-0.3, -0.25) is 9.69 Å². The molecule has 1 N–H and O–H groups in total. The van der Waals surface area contributed by atoms with Gasteiger partial charge in [0.05, 0.1) is 0 Å². The van der Waals surface area contributed by atoms with Crippen LogP contribution in [0.25, 0.3) is 0 Å². The number of carbonyl (C=O) groups excluding carboxylic acids is 1. The van der Waals surface area contributed by atoms with Crippen molar-refractivity contribution in [3.05, 3.63) is 64.7 Å². The second-order valence-corrected chi connectivity index (χ2v) is 6.51. The number of piperidine rings is 1. The first-order valence-electron chi connectivity index (χ1n) is 7.92. The molecule has 4 heteroatoms. The van der Waals surface area contributed by atoms with Gasteiger partial charge in [-0.15, -0.1) is 0 Å². The van der Waals surface area contributed by atoms with E-state index in [1.54, 1.807) is 18.2 Å². The molecular formula is C19H20ClNO2. The molecule has 2 aromatic carbocycles. The van der Waals surface area contributed by atoms with Crippen LogP contribution in [0.2, 0.25) is 5.02 Å². The Morgan fingerprint density at radius 1 is 1.22 bits per heavy atom. The molecule has 0 bridgehead atoms. The van der Waals surface area contributed by atoms with Crippen LogP contribution in [-0.2, 0) is 6.54 Å². The Labute approximate surface area is 141 Å². The van der Waals surface area contributed by atoms with E-state index >= 15 is 0 Å². The minimum Gasteiger partial charge on any atom is -0.508 e. The van der Waals surface area contributed by atoms with E-state index in [0.29, 0.717) is 22.9 Å². The number of nitrogens with zero attached hydrogens (tertiary/aromatic N) is 1. The molecule has 0 aliphatic carbocycles. The van der Waals surface area contributed by atoms with E-state index < -0.39 is 0 Å². The maximum atomic E-state index is 12.7. The predicted octanol–water partition coefficient (Wildman–Crippen LogP) is 4.14. The second kappa shape index (κ2) is 7.16. The molecule has 0 radical (unpaired) electrons. The zero-order valence-electron chi connectivity index (χ0n) is 12.9. The van der Waals surface area contributed by atoms with E-state index in [1.165, 1.54) is 0 Å². The molecule has 1 aliphatic rings. The number of para-hydroxylation sites is 1. The number of halogens is 1. The van der Waals surface area contributed by atoms with E-state index in [1.807, 2.05) is 30.3 Å². The molecule has 0 saturated carbocycles. The Morgan fingerprint density at radius 3 is 2.83 bits per heavy atom. The summed E-state index contributed by atoms with van der Waals surface area (Å²) in [7, 11) is 0. The molecule has 3 rings (SSSR count). The first-order valence-corrected chi connectivity index (χ1v) is 8.30. The fraction of sp³-hybridized carbons (Fsp3) is 0.316. The number of phenols is 1. The standard InChI is InChI=1S/C19H20ClNO2/c20-17-8-3-6-14(11-17)19(23)16-7-4-10-21(13-16)12-15-5-1-2-9-18(15)22/h1-3,5-6,8-9,11,16,22H,4,7,10,12-13H2/t16-/m1/s1. The molecule has 120 valence electrons. The Hall–Kier alpha value is -1.84. The molecule has 0 amide bonds. The third-order valence-corrected chi connectivity index (χ3v) is 4.61. The molecule has 1 saturated heterocycles. The second-order valence-electron chi connectivity index (χ2n) is 6.08. The van der Waals surface area contributed by atoms with Gasteiger partial charge in [0.2, 0.25) is 0 Å². The highest BCUT2D eigenvalue weighted by atomic mass is 35.5. The summed E-state index contributed by atoms with van der Waals surface area (Å²) < 4.78 is 0. The maximum absolute atomic E-state index is 12.7. The zero-order chi connectivity index (χ0) is 16.2. The van der Waals surface area contributed by atoms with Crippen LogP contribution in [0.3, 0.4) is 0 Å². The molecule has 1 atom stereocenters. The molecule has 23 heavy (non-hydrogen) atoms. The summed E-state index contributed by atoms with van der Waals surface area (Å²) >= 11 is 5.99. The van der Waals surface area contributed by atoms with Gasteiger partial charge < -0.3 is 5.11 Å². The van der Waals surface area contributed by atoms with Crippen molar-refractivity contribution in [2.24, 2.45) is 5.92 Å². The first kappa shape index (κ1) is 16.0. The van der Waals surface area contributed by atoms with Crippen LogP contribution in [0.15, 0.2) is 48.5 Å². The fourth-order valence-electron chi connectivity index (χ4n) is 3.18. The summed E-state index contributed by atoms with van der Waals surface area (Å²) in [6, 6.07) is 14.5. The van der Waals surface area contributed by atoms with Crippen LogP contribution in [0.4, 0.5) is 0 Å². The molecule has 0 unspecified atom stereocenters. The van der Waals surface area contributed by atoms with Gasteiger partial charge in [-0.05, 0) is 37.6 Å². The van der Waals surface area contributed by atoms with Crippen molar-refractivity contribution in [2.75, 3.05) is 13.1 Å². The zero-order valence-corrected chi connectivity index (χ0v) is 13.7. The molecule has 1 heterocycles. The number of phenolic OH excluding ortho intramolecular Hbond substituents is 1. The Bertz CT molecular complexity index is 701. The predicted molar refractivity (Wildman–Crippen MR) is 91.9 cm³/mol. The van der Waals surface area contributed by atoms with Crippen molar-refractivity contribution in [1.82, 2.24) is 4.90 Å². The maximum Gasteiger partial charge on any atom is 0.167 e. The van der Waals surface area contributed by atoms with Gasteiger partial charge in [0.1, 0.15) is 5.75 Å².